The fraction of sp³-hybridized carbons (Fsp3) is 0.250. The van der Waals surface area contributed by atoms with Gasteiger partial charge in [0.05, 0.1) is 39.1 Å². The number of rotatable bonds is 3. The summed E-state index contributed by atoms with van der Waals surface area (Å²) in [4.78, 5) is 4.96. The first-order chi connectivity index (χ1) is 11.5. The Bertz CT molecular complexity index is 901. The second kappa shape index (κ2) is 7.05. The van der Waals surface area contributed by atoms with Gasteiger partial charge < -0.3 is 33.0 Å². The number of halogens is 1. The lowest BCUT2D eigenvalue weighted by Crippen LogP contribution is -3.00. The number of hydrogen-bond donors (Lipinski definition) is 0. The van der Waals surface area contributed by atoms with Crippen molar-refractivity contribution in [3.63, 3.8) is 0 Å². The Labute approximate surface area is 170 Å². The van der Waals surface area contributed by atoms with Crippen LogP contribution in [0.2, 0.25) is 0 Å². The van der Waals surface area contributed by atoms with Gasteiger partial charge in [-0.1, -0.05) is 30.3 Å². The van der Waals surface area contributed by atoms with Gasteiger partial charge in [-0.25, -0.2) is 0 Å². The van der Waals surface area contributed by atoms with Crippen LogP contribution in [-0.2, 0) is 13.1 Å². The van der Waals surface area contributed by atoms with Gasteiger partial charge in [0.1, 0.15) is 11.5 Å². The molecular weight excluding hydrogens is 441 g/mol. The lowest BCUT2D eigenvalue weighted by atomic mass is 10.0. The van der Waals surface area contributed by atoms with Gasteiger partial charge in [0, 0.05) is 16.8 Å². The van der Waals surface area contributed by atoms with Crippen molar-refractivity contribution in [1.82, 2.24) is 4.57 Å². The van der Waals surface area contributed by atoms with Gasteiger partial charge in [0.2, 0.25) is 0 Å². The minimum Gasteiger partial charge on any atom is -1.00 e. The van der Waals surface area contributed by atoms with Crippen LogP contribution in [0.15, 0.2) is 58.9 Å². The summed E-state index contributed by atoms with van der Waals surface area (Å²) in [6, 6.07) is 17.2. The fourth-order valence-corrected chi connectivity index (χ4v) is 4.23. The van der Waals surface area contributed by atoms with Crippen molar-refractivity contribution in [2.75, 3.05) is 21.1 Å². The first kappa shape index (κ1) is 18.4. The van der Waals surface area contributed by atoms with Gasteiger partial charge in [-0.15, -0.1) is 11.3 Å². The highest BCUT2D eigenvalue weighted by atomic mass is 127. The second-order valence-corrected chi connectivity index (χ2v) is 8.16. The Morgan fingerprint density at radius 3 is 2.52 bits per heavy atom. The van der Waals surface area contributed by atoms with Crippen LogP contribution in [0.5, 0.6) is 0 Å². The summed E-state index contributed by atoms with van der Waals surface area (Å²) in [5.41, 5.74) is 6.16. The zero-order valence-corrected chi connectivity index (χ0v) is 17.7. The predicted octanol–water partition coefficient (Wildman–Crippen LogP) is 1.10. The molecule has 0 radical (unpaired) electrons. The highest BCUT2D eigenvalue weighted by Gasteiger charge is 2.23. The number of aliphatic imine (C=N–C) groups is 1. The van der Waals surface area contributed by atoms with E-state index in [1.165, 1.54) is 27.5 Å². The highest BCUT2D eigenvalue weighted by molar-refractivity contribution is 7.13. The molecule has 3 heterocycles. The van der Waals surface area contributed by atoms with Crippen LogP contribution in [0.3, 0.4) is 0 Å². The molecule has 0 saturated carbocycles. The van der Waals surface area contributed by atoms with E-state index in [1.807, 2.05) is 0 Å². The molecular formula is C20H22IN3S. The van der Waals surface area contributed by atoms with Gasteiger partial charge in [0.15, 0.2) is 0 Å². The van der Waals surface area contributed by atoms with E-state index in [4.69, 9.17) is 4.99 Å². The van der Waals surface area contributed by atoms with Crippen LogP contribution in [0.25, 0.3) is 5.00 Å². The summed E-state index contributed by atoms with van der Waals surface area (Å²) in [7, 11) is 6.70. The first-order valence-corrected chi connectivity index (χ1v) is 9.09. The Hall–Kier alpha value is -1.44. The molecule has 0 unspecified atom stereocenters. The summed E-state index contributed by atoms with van der Waals surface area (Å²) in [6.45, 7) is 1.72. The minimum atomic E-state index is 0. The van der Waals surface area contributed by atoms with Gasteiger partial charge in [-0.3, -0.25) is 4.99 Å². The Morgan fingerprint density at radius 1 is 1.04 bits per heavy atom. The Kier molecular flexibility index (Phi) is 5.18. The lowest BCUT2D eigenvalue weighted by Gasteiger charge is -2.24. The Balaban J connectivity index is 0.00000182. The molecule has 1 aromatic carbocycles. The van der Waals surface area contributed by atoms with Gasteiger partial charge in [0.25, 0.3) is 0 Å². The average molecular weight is 463 g/mol. The van der Waals surface area contributed by atoms with Crippen LogP contribution in [0.4, 0.5) is 0 Å². The number of nitrogens with zero attached hydrogens (tertiary/aromatic N) is 3. The number of benzene rings is 1. The standard InChI is InChI=1S/C20H22N3S.HI/c1-23(2,3)14-17-10-9-16-13-21-19(15-7-5-4-6-8-15)18-11-12-24-20(18)22(16)17;/h4-12H,13-14H2,1-3H3;1H/q+1;/p-1. The predicted molar refractivity (Wildman–Crippen MR) is 101 cm³/mol. The van der Waals surface area contributed by atoms with Crippen molar-refractivity contribution in [2.45, 2.75) is 13.1 Å². The van der Waals surface area contributed by atoms with Crippen LogP contribution in [0, 0.1) is 0 Å². The number of hydrogen-bond acceptors (Lipinski definition) is 2. The molecule has 130 valence electrons. The van der Waals surface area contributed by atoms with Crippen LogP contribution >= 0.6 is 11.3 Å². The molecule has 3 nitrogen and oxygen atoms in total. The summed E-state index contributed by atoms with van der Waals surface area (Å²) in [5.74, 6) is 0. The second-order valence-electron chi connectivity index (χ2n) is 7.27. The molecule has 0 spiro atoms. The third-order valence-electron chi connectivity index (χ3n) is 4.23. The quantitative estimate of drug-likeness (QED) is 0.409. The third-order valence-corrected chi connectivity index (χ3v) is 5.13. The number of thiophene rings is 1. The van der Waals surface area contributed by atoms with E-state index in [0.29, 0.717) is 0 Å². The molecule has 0 bridgehead atoms. The van der Waals surface area contributed by atoms with Crippen molar-refractivity contribution < 1.29 is 28.5 Å². The molecule has 0 saturated heterocycles. The van der Waals surface area contributed by atoms with Crippen molar-refractivity contribution in [1.29, 1.82) is 0 Å². The number of fused-ring (bicyclic) bond motifs is 3. The normalized spacial score (nSPS) is 13.3. The zero-order chi connectivity index (χ0) is 16.7. The molecule has 0 atom stereocenters. The van der Waals surface area contributed by atoms with E-state index in [-0.39, 0.29) is 24.0 Å². The van der Waals surface area contributed by atoms with E-state index < -0.39 is 0 Å². The van der Waals surface area contributed by atoms with Gasteiger partial charge in [-0.05, 0) is 23.6 Å². The lowest BCUT2D eigenvalue weighted by molar-refractivity contribution is -0.884. The van der Waals surface area contributed by atoms with Gasteiger partial charge >= 0.3 is 0 Å². The molecule has 0 fully saturated rings. The zero-order valence-electron chi connectivity index (χ0n) is 14.7. The van der Waals surface area contributed by atoms with E-state index in [9.17, 15) is 0 Å². The van der Waals surface area contributed by atoms with Gasteiger partial charge in [-0.2, -0.15) is 0 Å². The monoisotopic (exact) mass is 463 g/mol. The maximum absolute atomic E-state index is 4.96. The maximum Gasteiger partial charge on any atom is 0.119 e. The van der Waals surface area contributed by atoms with E-state index in [1.54, 1.807) is 11.3 Å². The first-order valence-electron chi connectivity index (χ1n) is 8.21. The summed E-state index contributed by atoms with van der Waals surface area (Å²) in [6.07, 6.45) is 0. The number of quaternary nitrogens is 1. The topological polar surface area (TPSA) is 17.3 Å². The molecule has 2 aromatic heterocycles. The maximum atomic E-state index is 4.96. The average Bonchev–Trinajstić information content (AvgIpc) is 3.11. The van der Waals surface area contributed by atoms with Crippen LogP contribution in [-0.4, -0.2) is 35.9 Å². The van der Waals surface area contributed by atoms with E-state index in [2.05, 4.69) is 79.6 Å². The highest BCUT2D eigenvalue weighted by Crippen LogP contribution is 2.32. The molecule has 4 rings (SSSR count). The molecule has 0 aliphatic carbocycles. The minimum absolute atomic E-state index is 0. The smallest absolute Gasteiger partial charge is 0.119 e. The molecule has 1 aliphatic heterocycles. The van der Waals surface area contributed by atoms with Crippen molar-refractivity contribution >= 4 is 17.0 Å². The third kappa shape index (κ3) is 3.59. The van der Waals surface area contributed by atoms with Crippen molar-refractivity contribution in [3.05, 3.63) is 76.4 Å². The molecule has 5 heteroatoms. The fourth-order valence-electron chi connectivity index (χ4n) is 3.26. The van der Waals surface area contributed by atoms with Crippen LogP contribution < -0.4 is 24.0 Å². The molecule has 25 heavy (non-hydrogen) atoms. The largest absolute Gasteiger partial charge is 1.00 e. The molecule has 0 N–H and O–H groups in total. The molecule has 3 aromatic rings. The summed E-state index contributed by atoms with van der Waals surface area (Å²) >= 11 is 1.80. The Morgan fingerprint density at radius 2 is 1.80 bits per heavy atom. The van der Waals surface area contributed by atoms with Crippen LogP contribution in [0.1, 0.15) is 22.5 Å². The van der Waals surface area contributed by atoms with Crippen molar-refractivity contribution in [2.24, 2.45) is 4.99 Å². The van der Waals surface area contributed by atoms with E-state index >= 15 is 0 Å². The molecule has 0 amide bonds. The van der Waals surface area contributed by atoms with Crippen molar-refractivity contribution in [3.8, 4) is 5.00 Å². The van der Waals surface area contributed by atoms with E-state index in [0.717, 1.165) is 23.3 Å². The molecule has 1 aliphatic rings. The number of aromatic nitrogens is 1. The summed E-state index contributed by atoms with van der Waals surface area (Å²) < 4.78 is 3.33. The summed E-state index contributed by atoms with van der Waals surface area (Å²) in [5, 5.41) is 3.46. The SMILES string of the molecule is C[N+](C)(C)Cc1ccc2n1-c1sccc1C(c1ccccc1)=NC2.[I-].